The lowest BCUT2D eigenvalue weighted by molar-refractivity contribution is -0.189. The second kappa shape index (κ2) is 5.92. The summed E-state index contributed by atoms with van der Waals surface area (Å²) in [5.74, 6) is -2.62. The van der Waals surface area contributed by atoms with Gasteiger partial charge in [0.25, 0.3) is 5.88 Å². The molecule has 1 N–H and O–H groups in total. The SMILES string of the molecule is CCN1CCC(Nc2cn(C)nc2OC(=O)C(F)(F)F)C1. The molecule has 2 rings (SSSR count). The van der Waals surface area contributed by atoms with Crippen LogP contribution in [0.5, 0.6) is 5.88 Å². The molecule has 118 valence electrons. The van der Waals surface area contributed by atoms with Crippen LogP contribution >= 0.6 is 0 Å². The Labute approximate surface area is 119 Å². The Morgan fingerprint density at radius 3 is 2.86 bits per heavy atom. The Bertz CT molecular complexity index is 515. The second-order valence-corrected chi connectivity index (χ2v) is 4.93. The van der Waals surface area contributed by atoms with Gasteiger partial charge in [0.1, 0.15) is 5.69 Å². The van der Waals surface area contributed by atoms with Crippen LogP contribution in [0.1, 0.15) is 13.3 Å². The number of hydrogen-bond donors (Lipinski definition) is 1. The lowest BCUT2D eigenvalue weighted by atomic mass is 10.2. The van der Waals surface area contributed by atoms with E-state index in [1.54, 1.807) is 7.05 Å². The highest BCUT2D eigenvalue weighted by Gasteiger charge is 2.42. The van der Waals surface area contributed by atoms with Crippen molar-refractivity contribution in [2.24, 2.45) is 7.05 Å². The predicted octanol–water partition coefficient (Wildman–Crippen LogP) is 1.39. The first-order valence-corrected chi connectivity index (χ1v) is 6.61. The highest BCUT2D eigenvalue weighted by atomic mass is 19.4. The minimum Gasteiger partial charge on any atom is -0.397 e. The Hall–Kier alpha value is -1.77. The predicted molar refractivity (Wildman–Crippen MR) is 69.0 cm³/mol. The molecule has 21 heavy (non-hydrogen) atoms. The average Bonchev–Trinajstić information content (AvgIpc) is 2.96. The third-order valence-corrected chi connectivity index (χ3v) is 3.29. The number of hydrogen-bond acceptors (Lipinski definition) is 5. The van der Waals surface area contributed by atoms with Crippen molar-refractivity contribution in [3.05, 3.63) is 6.20 Å². The molecule has 6 nitrogen and oxygen atoms in total. The van der Waals surface area contributed by atoms with Crippen molar-refractivity contribution in [1.29, 1.82) is 0 Å². The molecule has 1 unspecified atom stereocenters. The van der Waals surface area contributed by atoms with E-state index >= 15 is 0 Å². The molecule has 9 heteroatoms. The van der Waals surface area contributed by atoms with Gasteiger partial charge in [-0.15, -0.1) is 5.10 Å². The molecule has 0 spiro atoms. The highest BCUT2D eigenvalue weighted by Crippen LogP contribution is 2.27. The number of esters is 1. The maximum absolute atomic E-state index is 12.2. The fourth-order valence-corrected chi connectivity index (χ4v) is 2.25. The van der Waals surface area contributed by atoms with Gasteiger partial charge in [-0.25, -0.2) is 4.79 Å². The molecule has 0 aromatic carbocycles. The molecular weight excluding hydrogens is 289 g/mol. The molecule has 1 saturated heterocycles. The number of halogens is 3. The van der Waals surface area contributed by atoms with Crippen molar-refractivity contribution in [2.45, 2.75) is 25.6 Å². The van der Waals surface area contributed by atoms with Crippen molar-refractivity contribution in [3.63, 3.8) is 0 Å². The summed E-state index contributed by atoms with van der Waals surface area (Å²) in [5, 5.41) is 6.82. The Morgan fingerprint density at radius 2 is 2.29 bits per heavy atom. The fraction of sp³-hybridized carbons (Fsp3) is 0.667. The van der Waals surface area contributed by atoms with Crippen molar-refractivity contribution in [2.75, 3.05) is 25.0 Å². The number of likely N-dealkylation sites (N-methyl/N-ethyl adjacent to an activating group) is 1. The summed E-state index contributed by atoms with van der Waals surface area (Å²) < 4.78 is 42.3. The molecular formula is C12H17F3N4O2. The van der Waals surface area contributed by atoms with Crippen molar-refractivity contribution < 1.29 is 22.7 Å². The van der Waals surface area contributed by atoms with Crippen LogP contribution in [0.3, 0.4) is 0 Å². The second-order valence-electron chi connectivity index (χ2n) is 4.93. The summed E-state index contributed by atoms with van der Waals surface area (Å²) in [4.78, 5) is 13.1. The van der Waals surface area contributed by atoms with Gasteiger partial charge in [0.05, 0.1) is 6.20 Å². The monoisotopic (exact) mass is 306 g/mol. The molecule has 0 aliphatic carbocycles. The first-order valence-electron chi connectivity index (χ1n) is 6.61. The largest absolute Gasteiger partial charge is 0.491 e. The molecule has 1 fully saturated rings. The van der Waals surface area contributed by atoms with E-state index in [1.807, 2.05) is 6.92 Å². The number of ether oxygens (including phenoxy) is 1. The van der Waals surface area contributed by atoms with Crippen LogP contribution in [0.15, 0.2) is 6.20 Å². The maximum Gasteiger partial charge on any atom is 0.491 e. The summed E-state index contributed by atoms with van der Waals surface area (Å²) in [5.41, 5.74) is 0.290. The molecule has 1 aliphatic rings. The van der Waals surface area contributed by atoms with Gasteiger partial charge in [0, 0.05) is 26.2 Å². The molecule has 0 amide bonds. The summed E-state index contributed by atoms with van der Waals surface area (Å²) in [6.45, 7) is 4.67. The molecule has 1 aromatic rings. The zero-order valence-corrected chi connectivity index (χ0v) is 11.8. The number of aromatic nitrogens is 2. The van der Waals surface area contributed by atoms with Crippen LogP contribution < -0.4 is 10.1 Å². The molecule has 1 atom stereocenters. The Morgan fingerprint density at radius 1 is 1.57 bits per heavy atom. The molecule has 2 heterocycles. The van der Waals surface area contributed by atoms with Crippen molar-refractivity contribution in [1.82, 2.24) is 14.7 Å². The summed E-state index contributed by atoms with van der Waals surface area (Å²) in [6, 6.07) is 0.0949. The number of rotatable bonds is 4. The first kappa shape index (κ1) is 15.6. The first-order chi connectivity index (χ1) is 9.79. The molecule has 0 bridgehead atoms. The van der Waals surface area contributed by atoms with Crippen molar-refractivity contribution in [3.8, 4) is 5.88 Å². The standard InChI is InChI=1S/C12H17F3N4O2/c1-3-19-5-4-8(6-19)16-9-7-18(2)17-10(9)21-11(20)12(13,14)15/h7-8,16H,3-6H2,1-2H3. The minimum absolute atomic E-state index is 0.0949. The number of aryl methyl sites for hydroxylation is 1. The quantitative estimate of drug-likeness (QED) is 0.852. The van der Waals surface area contributed by atoms with E-state index in [1.165, 1.54) is 10.9 Å². The summed E-state index contributed by atoms with van der Waals surface area (Å²) in [6.07, 6.45) is -2.68. The molecule has 1 aromatic heterocycles. The normalized spacial score (nSPS) is 19.8. The molecule has 0 radical (unpaired) electrons. The van der Waals surface area contributed by atoms with E-state index in [0.29, 0.717) is 0 Å². The van der Waals surface area contributed by atoms with E-state index in [2.05, 4.69) is 20.1 Å². The number of nitrogens with one attached hydrogen (secondary N) is 1. The van der Waals surface area contributed by atoms with Gasteiger partial charge in [-0.2, -0.15) is 13.2 Å². The maximum atomic E-state index is 12.2. The zero-order valence-electron chi connectivity index (χ0n) is 11.8. The van der Waals surface area contributed by atoms with E-state index < -0.39 is 12.1 Å². The third kappa shape index (κ3) is 3.87. The number of nitrogens with zero attached hydrogens (tertiary/aromatic N) is 3. The molecule has 1 aliphatic heterocycles. The van der Waals surface area contributed by atoms with Crippen LogP contribution in [-0.2, 0) is 11.8 Å². The zero-order chi connectivity index (χ0) is 15.6. The smallest absolute Gasteiger partial charge is 0.397 e. The Kier molecular flexibility index (Phi) is 4.40. The van der Waals surface area contributed by atoms with Crippen LogP contribution in [0.2, 0.25) is 0 Å². The number of carbonyl (C=O) groups excluding carboxylic acids is 1. The lowest BCUT2D eigenvalue weighted by Crippen LogP contribution is -2.29. The fourth-order valence-electron chi connectivity index (χ4n) is 2.25. The van der Waals surface area contributed by atoms with Crippen LogP contribution in [0.4, 0.5) is 18.9 Å². The number of anilines is 1. The van der Waals surface area contributed by atoms with E-state index in [9.17, 15) is 18.0 Å². The van der Waals surface area contributed by atoms with E-state index in [4.69, 9.17) is 0 Å². The van der Waals surface area contributed by atoms with Crippen LogP contribution in [-0.4, -0.2) is 52.5 Å². The Balaban J connectivity index is 2.05. The van der Waals surface area contributed by atoms with Gasteiger partial charge in [-0.3, -0.25) is 4.68 Å². The molecule has 0 saturated carbocycles. The third-order valence-electron chi connectivity index (χ3n) is 3.29. The summed E-state index contributed by atoms with van der Waals surface area (Å²) in [7, 11) is 1.54. The van der Waals surface area contributed by atoms with Gasteiger partial charge in [0.2, 0.25) is 0 Å². The number of carbonyl (C=O) groups is 1. The van der Waals surface area contributed by atoms with Gasteiger partial charge >= 0.3 is 12.1 Å². The lowest BCUT2D eigenvalue weighted by Gasteiger charge is -2.15. The topological polar surface area (TPSA) is 59.4 Å². The van der Waals surface area contributed by atoms with E-state index in [0.717, 1.165) is 26.1 Å². The van der Waals surface area contributed by atoms with E-state index in [-0.39, 0.29) is 17.6 Å². The van der Waals surface area contributed by atoms with Crippen LogP contribution in [0.25, 0.3) is 0 Å². The van der Waals surface area contributed by atoms with Gasteiger partial charge in [0.15, 0.2) is 0 Å². The highest BCUT2D eigenvalue weighted by molar-refractivity contribution is 5.79. The summed E-state index contributed by atoms with van der Waals surface area (Å²) >= 11 is 0. The number of alkyl halides is 3. The van der Waals surface area contributed by atoms with Gasteiger partial charge in [-0.05, 0) is 13.0 Å². The minimum atomic E-state index is -5.04. The van der Waals surface area contributed by atoms with Gasteiger partial charge < -0.3 is 15.0 Å². The van der Waals surface area contributed by atoms with Crippen molar-refractivity contribution >= 4 is 11.7 Å². The average molecular weight is 306 g/mol. The number of likely N-dealkylation sites (tertiary alicyclic amines) is 1. The van der Waals surface area contributed by atoms with Gasteiger partial charge in [-0.1, -0.05) is 6.92 Å². The van der Waals surface area contributed by atoms with Crippen LogP contribution in [0, 0.1) is 0 Å².